The van der Waals surface area contributed by atoms with E-state index >= 15 is 0 Å². The molecule has 2 heteroatoms. The van der Waals surface area contributed by atoms with Crippen LogP contribution in [-0.2, 0) is 11.3 Å². The van der Waals surface area contributed by atoms with Gasteiger partial charge < -0.3 is 0 Å². The van der Waals surface area contributed by atoms with Gasteiger partial charge in [-0.15, -0.1) is 0 Å². The van der Waals surface area contributed by atoms with Crippen LogP contribution in [0, 0.1) is 25.7 Å². The number of amides is 1. The molecule has 0 aliphatic heterocycles. The molecule has 2 rings (SSSR count). The summed E-state index contributed by atoms with van der Waals surface area (Å²) in [6, 6.07) is 16.1. The number of hydrogen-bond donors (Lipinski definition) is 0. The van der Waals surface area contributed by atoms with Gasteiger partial charge in [-0.1, -0.05) is 42.3 Å². The largest absolute Gasteiger partial charge is 0.303 e. The molecule has 0 saturated heterocycles. The van der Waals surface area contributed by atoms with Crippen LogP contribution in [0.2, 0.25) is 0 Å². The topological polar surface area (TPSA) is 20.3 Å². The minimum absolute atomic E-state index is 0.175. The van der Waals surface area contributed by atoms with Gasteiger partial charge in [0.2, 0.25) is 0 Å². The Labute approximate surface area is 126 Å². The number of nitrogens with zero attached hydrogens (tertiary/aromatic N) is 1. The number of aryl methyl sites for hydroxylation is 2. The minimum atomic E-state index is -0.175. The molecule has 0 aliphatic rings. The van der Waals surface area contributed by atoms with E-state index in [1.54, 1.807) is 11.8 Å². The average molecular weight is 277 g/mol. The second-order valence-corrected chi connectivity index (χ2v) is 5.10. The molecule has 0 spiro atoms. The van der Waals surface area contributed by atoms with E-state index in [9.17, 15) is 4.79 Å². The molecular formula is C19H19NO. The van der Waals surface area contributed by atoms with Crippen molar-refractivity contribution in [3.8, 4) is 11.8 Å². The van der Waals surface area contributed by atoms with Crippen LogP contribution in [0.4, 0.5) is 5.69 Å². The highest BCUT2D eigenvalue weighted by atomic mass is 16.2. The predicted molar refractivity (Wildman–Crippen MR) is 87.0 cm³/mol. The van der Waals surface area contributed by atoms with Gasteiger partial charge in [0.15, 0.2) is 0 Å². The normalized spacial score (nSPS) is 9.67. The van der Waals surface area contributed by atoms with E-state index in [4.69, 9.17) is 0 Å². The third-order valence-electron chi connectivity index (χ3n) is 3.18. The lowest BCUT2D eigenvalue weighted by Crippen LogP contribution is -2.29. The van der Waals surface area contributed by atoms with Gasteiger partial charge in [0.05, 0.1) is 6.54 Å². The summed E-state index contributed by atoms with van der Waals surface area (Å²) >= 11 is 0. The highest BCUT2D eigenvalue weighted by molar-refractivity contribution is 6.05. The molecular weight excluding hydrogens is 258 g/mol. The molecule has 106 valence electrons. The molecule has 0 atom stereocenters. The van der Waals surface area contributed by atoms with Crippen LogP contribution < -0.4 is 4.90 Å². The molecule has 2 aromatic carbocycles. The molecule has 0 bridgehead atoms. The second-order valence-electron chi connectivity index (χ2n) is 5.10. The van der Waals surface area contributed by atoms with Crippen LogP contribution in [-0.4, -0.2) is 5.91 Å². The quantitative estimate of drug-likeness (QED) is 0.780. The summed E-state index contributed by atoms with van der Waals surface area (Å²) in [4.78, 5) is 14.1. The van der Waals surface area contributed by atoms with E-state index in [1.807, 2.05) is 56.3 Å². The number of benzene rings is 2. The number of carbonyl (C=O) groups excluding carboxylic acids is 1. The maximum Gasteiger partial charge on any atom is 0.303 e. The number of anilines is 1. The summed E-state index contributed by atoms with van der Waals surface area (Å²) in [5.74, 6) is 5.16. The van der Waals surface area contributed by atoms with Crippen LogP contribution in [0.5, 0.6) is 0 Å². The average Bonchev–Trinajstić information content (AvgIpc) is 2.45. The zero-order chi connectivity index (χ0) is 15.2. The first-order valence-electron chi connectivity index (χ1n) is 6.96. The molecule has 0 aromatic heterocycles. The highest BCUT2D eigenvalue weighted by Gasteiger charge is 2.15. The Morgan fingerprint density at radius 1 is 1.05 bits per heavy atom. The van der Waals surface area contributed by atoms with Crippen LogP contribution in [0.1, 0.15) is 23.6 Å². The number of rotatable bonds is 3. The van der Waals surface area contributed by atoms with Crippen LogP contribution in [0.15, 0.2) is 48.5 Å². The summed E-state index contributed by atoms with van der Waals surface area (Å²) in [6.07, 6.45) is 0. The lowest BCUT2D eigenvalue weighted by atomic mass is 10.1. The van der Waals surface area contributed by atoms with Gasteiger partial charge in [0.1, 0.15) is 0 Å². The summed E-state index contributed by atoms with van der Waals surface area (Å²) < 4.78 is 0. The summed E-state index contributed by atoms with van der Waals surface area (Å²) in [5, 5.41) is 0. The molecule has 0 N–H and O–H groups in total. The van der Waals surface area contributed by atoms with Crippen molar-refractivity contribution in [2.75, 3.05) is 4.90 Å². The first-order chi connectivity index (χ1) is 10.1. The van der Waals surface area contributed by atoms with Crippen molar-refractivity contribution in [1.82, 2.24) is 0 Å². The van der Waals surface area contributed by atoms with Crippen LogP contribution in [0.25, 0.3) is 0 Å². The third-order valence-corrected chi connectivity index (χ3v) is 3.18. The Kier molecular flexibility index (Phi) is 4.79. The van der Waals surface area contributed by atoms with Crippen LogP contribution in [0.3, 0.4) is 0 Å². The first kappa shape index (κ1) is 14.9. The smallest absolute Gasteiger partial charge is 0.297 e. The SMILES string of the molecule is CC#CC(=O)N(Cc1ccccc1)c1cc(C)cc(C)c1. The lowest BCUT2D eigenvalue weighted by Gasteiger charge is -2.21. The summed E-state index contributed by atoms with van der Waals surface area (Å²) in [7, 11) is 0. The van der Waals surface area contributed by atoms with Crippen molar-refractivity contribution >= 4 is 11.6 Å². The standard InChI is InChI=1S/C19H19NO/c1-4-8-19(21)20(14-17-9-6-5-7-10-17)18-12-15(2)11-16(3)13-18/h5-7,9-13H,14H2,1-3H3. The monoisotopic (exact) mass is 277 g/mol. The Balaban J connectivity index is 2.39. The molecule has 0 unspecified atom stereocenters. The minimum Gasteiger partial charge on any atom is -0.297 e. The maximum absolute atomic E-state index is 12.3. The predicted octanol–water partition coefficient (Wildman–Crippen LogP) is 3.86. The van der Waals surface area contributed by atoms with Gasteiger partial charge >= 0.3 is 5.91 Å². The fourth-order valence-corrected chi connectivity index (χ4v) is 2.33. The zero-order valence-electron chi connectivity index (χ0n) is 12.7. The van der Waals surface area contributed by atoms with E-state index in [1.165, 1.54) is 0 Å². The van der Waals surface area contributed by atoms with Gasteiger partial charge in [-0.2, -0.15) is 0 Å². The summed E-state index contributed by atoms with van der Waals surface area (Å²) in [6.45, 7) is 6.28. The zero-order valence-corrected chi connectivity index (χ0v) is 12.7. The van der Waals surface area contributed by atoms with E-state index in [0.29, 0.717) is 6.54 Å². The van der Waals surface area contributed by atoms with Crippen molar-refractivity contribution < 1.29 is 4.79 Å². The van der Waals surface area contributed by atoms with Crippen molar-refractivity contribution in [2.24, 2.45) is 0 Å². The summed E-state index contributed by atoms with van der Waals surface area (Å²) in [5.41, 5.74) is 4.26. The number of carbonyl (C=O) groups is 1. The van der Waals surface area contributed by atoms with E-state index in [2.05, 4.69) is 17.9 Å². The molecule has 21 heavy (non-hydrogen) atoms. The second kappa shape index (κ2) is 6.76. The van der Waals surface area contributed by atoms with E-state index in [0.717, 1.165) is 22.4 Å². The fourth-order valence-electron chi connectivity index (χ4n) is 2.33. The van der Waals surface area contributed by atoms with Crippen molar-refractivity contribution in [1.29, 1.82) is 0 Å². The molecule has 0 fully saturated rings. The fraction of sp³-hybridized carbons (Fsp3) is 0.211. The van der Waals surface area contributed by atoms with Gasteiger partial charge in [-0.05, 0) is 55.5 Å². The Morgan fingerprint density at radius 3 is 2.24 bits per heavy atom. The molecule has 2 aromatic rings. The number of hydrogen-bond acceptors (Lipinski definition) is 1. The molecule has 0 aliphatic carbocycles. The molecule has 0 radical (unpaired) electrons. The maximum atomic E-state index is 12.3. The Bertz CT molecular complexity index is 672. The van der Waals surface area contributed by atoms with Gasteiger partial charge in [0, 0.05) is 5.69 Å². The lowest BCUT2D eigenvalue weighted by molar-refractivity contribution is -0.113. The third kappa shape index (κ3) is 3.97. The van der Waals surface area contributed by atoms with Crippen LogP contribution >= 0.6 is 0 Å². The van der Waals surface area contributed by atoms with Gasteiger partial charge in [-0.25, -0.2) is 0 Å². The Hall–Kier alpha value is -2.53. The van der Waals surface area contributed by atoms with Gasteiger partial charge in [0.25, 0.3) is 0 Å². The van der Waals surface area contributed by atoms with Crippen molar-refractivity contribution in [2.45, 2.75) is 27.3 Å². The molecule has 0 saturated carbocycles. The Morgan fingerprint density at radius 2 is 1.67 bits per heavy atom. The van der Waals surface area contributed by atoms with E-state index < -0.39 is 0 Å². The molecule has 1 amide bonds. The molecule has 2 nitrogen and oxygen atoms in total. The van der Waals surface area contributed by atoms with Crippen molar-refractivity contribution in [3.05, 3.63) is 65.2 Å². The van der Waals surface area contributed by atoms with Gasteiger partial charge in [-0.3, -0.25) is 9.69 Å². The first-order valence-corrected chi connectivity index (χ1v) is 6.96. The van der Waals surface area contributed by atoms with Crippen molar-refractivity contribution in [3.63, 3.8) is 0 Å². The highest BCUT2D eigenvalue weighted by Crippen LogP contribution is 2.21. The van der Waals surface area contributed by atoms with E-state index in [-0.39, 0.29) is 5.91 Å². The molecule has 0 heterocycles.